The molecule has 0 bridgehead atoms. The van der Waals surface area contributed by atoms with Crippen molar-refractivity contribution in [2.45, 2.75) is 32.1 Å². The Morgan fingerprint density at radius 3 is 2.15 bits per heavy atom. The van der Waals surface area contributed by atoms with Crippen LogP contribution in [0.2, 0.25) is 0 Å². The zero-order valence-corrected chi connectivity index (χ0v) is 16.6. The molecule has 140 valence electrons. The number of hydrogen-bond acceptors (Lipinski definition) is 6. The minimum atomic E-state index is -4.94. The van der Waals surface area contributed by atoms with Gasteiger partial charge in [-0.25, -0.2) is 23.2 Å². The van der Waals surface area contributed by atoms with Gasteiger partial charge in [-0.1, -0.05) is 51.9 Å². The summed E-state index contributed by atoms with van der Waals surface area (Å²) in [6.07, 6.45) is 9.07. The zero-order chi connectivity index (χ0) is 18.6. The highest BCUT2D eigenvalue weighted by atomic mass is 35.7. The summed E-state index contributed by atoms with van der Waals surface area (Å²) in [6, 6.07) is 10.8. The van der Waals surface area contributed by atoms with E-state index in [-0.39, 0.29) is 0 Å². The molecule has 1 saturated heterocycles. The van der Waals surface area contributed by atoms with Gasteiger partial charge in [0.05, 0.1) is 0 Å². The molecule has 26 heavy (non-hydrogen) atoms. The molecule has 1 aliphatic carbocycles. The molecule has 2 heterocycles. The highest BCUT2D eigenvalue weighted by Gasteiger charge is 2.30. The van der Waals surface area contributed by atoms with Crippen molar-refractivity contribution in [3.8, 4) is 0 Å². The van der Waals surface area contributed by atoms with Gasteiger partial charge >= 0.3 is 0 Å². The third kappa shape index (κ3) is 5.60. The lowest BCUT2D eigenvalue weighted by Gasteiger charge is -2.17. The quantitative estimate of drug-likeness (QED) is 0.487. The van der Waals surface area contributed by atoms with Crippen LogP contribution >= 0.6 is 21.6 Å². The monoisotopic (exact) mass is 413 g/mol. The fourth-order valence-electron chi connectivity index (χ4n) is 3.46. The van der Waals surface area contributed by atoms with Crippen LogP contribution in [0.5, 0.6) is 0 Å². The standard InChI is InChI=1S/C18H20NS2.ClHO4/c1-2-7-14(8-3-1)17-13-18(21-20-17)15-9-6-10-16(15)19-11-4-5-12-19;2-1(3,4)5/h1-3,7-8,13H,4-6,9-12H2;(H,2,3,4,5)/q+1;/p-1/b18-15-;. The smallest absolute Gasteiger partial charge is 0.180 e. The molecule has 4 rings (SSSR count). The first-order valence-corrected chi connectivity index (χ1v) is 11.9. The van der Waals surface area contributed by atoms with E-state index < -0.39 is 10.2 Å². The second-order valence-corrected chi connectivity index (χ2v) is 9.23. The Kier molecular flexibility index (Phi) is 6.85. The van der Waals surface area contributed by atoms with Gasteiger partial charge in [-0.15, -0.1) is 10.2 Å². The second kappa shape index (κ2) is 8.93. The van der Waals surface area contributed by atoms with Gasteiger partial charge < -0.3 is 0 Å². The summed E-state index contributed by atoms with van der Waals surface area (Å²) in [6.45, 7) is 2.55. The first-order chi connectivity index (χ1) is 12.4. The maximum atomic E-state index is 8.49. The van der Waals surface area contributed by atoms with Crippen LogP contribution in [0, 0.1) is 10.2 Å². The number of rotatable bonds is 1. The van der Waals surface area contributed by atoms with Gasteiger partial charge in [0.2, 0.25) is 0 Å². The van der Waals surface area contributed by atoms with Crippen molar-refractivity contribution < 1.29 is 33.5 Å². The summed E-state index contributed by atoms with van der Waals surface area (Å²) in [4.78, 5) is 2.93. The van der Waals surface area contributed by atoms with Gasteiger partial charge in [0.1, 0.15) is 13.1 Å². The molecular weight excluding hydrogens is 394 g/mol. The molecule has 1 aromatic carbocycles. The number of hydrogen-bond donors (Lipinski definition) is 0. The molecule has 5 nitrogen and oxygen atoms in total. The van der Waals surface area contributed by atoms with Gasteiger partial charge in [-0.3, -0.25) is 0 Å². The molecule has 0 N–H and O–H groups in total. The molecule has 8 heteroatoms. The van der Waals surface area contributed by atoms with Crippen molar-refractivity contribution in [2.24, 2.45) is 0 Å². The highest BCUT2D eigenvalue weighted by Crippen LogP contribution is 2.51. The lowest BCUT2D eigenvalue weighted by molar-refractivity contribution is -2.00. The van der Waals surface area contributed by atoms with Crippen molar-refractivity contribution in [1.29, 1.82) is 0 Å². The van der Waals surface area contributed by atoms with Crippen molar-refractivity contribution in [1.82, 2.24) is 0 Å². The summed E-state index contributed by atoms with van der Waals surface area (Å²) in [5.74, 6) is 0. The van der Waals surface area contributed by atoms with E-state index in [1.807, 2.05) is 21.6 Å². The van der Waals surface area contributed by atoms with Crippen LogP contribution < -0.4 is 18.6 Å². The zero-order valence-electron chi connectivity index (χ0n) is 14.2. The molecular formula is C18H20ClNO4S2. The molecule has 0 atom stereocenters. The van der Waals surface area contributed by atoms with E-state index in [9.17, 15) is 0 Å². The van der Waals surface area contributed by atoms with E-state index in [0.717, 1.165) is 0 Å². The number of halogens is 1. The Morgan fingerprint density at radius 2 is 1.50 bits per heavy atom. The fraction of sp³-hybridized carbons (Fsp3) is 0.389. The Bertz CT molecular complexity index is 727. The summed E-state index contributed by atoms with van der Waals surface area (Å²) < 4.78 is 36.6. The lowest BCUT2D eigenvalue weighted by Crippen LogP contribution is -2.68. The first kappa shape index (κ1) is 19.9. The Balaban J connectivity index is 0.000000349. The van der Waals surface area contributed by atoms with Gasteiger partial charge in [0, 0.05) is 34.6 Å². The maximum absolute atomic E-state index is 8.49. The van der Waals surface area contributed by atoms with Crippen LogP contribution in [-0.2, 0) is 0 Å². The number of nitrogens with zero attached hydrogens (tertiary/aromatic N) is 1. The predicted octanol–water partition coefficient (Wildman–Crippen LogP) is 0.352. The molecule has 1 saturated carbocycles. The van der Waals surface area contributed by atoms with E-state index in [2.05, 4.69) is 41.0 Å². The Labute approximate surface area is 163 Å². The van der Waals surface area contributed by atoms with E-state index in [0.29, 0.717) is 0 Å². The van der Waals surface area contributed by atoms with Crippen molar-refractivity contribution in [2.75, 3.05) is 13.1 Å². The van der Waals surface area contributed by atoms with Crippen LogP contribution in [0.15, 0.2) is 46.9 Å². The van der Waals surface area contributed by atoms with E-state index in [1.165, 1.54) is 60.6 Å². The minimum Gasteiger partial charge on any atom is -0.233 e. The van der Waals surface area contributed by atoms with Crippen molar-refractivity contribution in [3.05, 3.63) is 52.4 Å². The Morgan fingerprint density at radius 1 is 0.846 bits per heavy atom. The van der Waals surface area contributed by atoms with Gasteiger partial charge in [0.25, 0.3) is 0 Å². The SMILES string of the molecule is C1=C(c2ccccc2)SS/C1=C1/CCCC1=[N+]1CCCC1.[O-][Cl+3]([O-])([O-])[O-]. The highest BCUT2D eigenvalue weighted by molar-refractivity contribution is 8.82. The van der Waals surface area contributed by atoms with Crippen LogP contribution in [0.4, 0.5) is 0 Å². The Hall–Kier alpha value is -0.800. The fourth-order valence-corrected chi connectivity index (χ4v) is 6.01. The molecule has 1 aromatic rings. The third-order valence-electron chi connectivity index (χ3n) is 4.52. The minimum absolute atomic E-state index is 1.27. The normalized spacial score (nSPS) is 23.2. The molecule has 0 aromatic heterocycles. The van der Waals surface area contributed by atoms with E-state index in [1.54, 1.807) is 11.3 Å². The largest absolute Gasteiger partial charge is 0.233 e. The van der Waals surface area contributed by atoms with Gasteiger partial charge in [-0.2, -0.15) is 0 Å². The van der Waals surface area contributed by atoms with Crippen LogP contribution in [0.1, 0.15) is 37.7 Å². The van der Waals surface area contributed by atoms with E-state index >= 15 is 0 Å². The predicted molar refractivity (Wildman–Crippen MR) is 94.7 cm³/mol. The molecule has 0 amide bonds. The lowest BCUT2D eigenvalue weighted by atomic mass is 10.1. The summed E-state index contributed by atoms with van der Waals surface area (Å²) in [5.41, 5.74) is 4.65. The maximum Gasteiger partial charge on any atom is 0.180 e. The molecule has 3 aliphatic rings. The summed E-state index contributed by atoms with van der Waals surface area (Å²) in [7, 11) is -1.06. The second-order valence-electron chi connectivity index (χ2n) is 6.26. The van der Waals surface area contributed by atoms with E-state index in [4.69, 9.17) is 18.6 Å². The third-order valence-corrected chi connectivity index (χ3v) is 7.00. The van der Waals surface area contributed by atoms with Crippen LogP contribution in [0.3, 0.4) is 0 Å². The van der Waals surface area contributed by atoms with Crippen LogP contribution in [-0.4, -0.2) is 23.4 Å². The molecule has 0 spiro atoms. The average molecular weight is 414 g/mol. The van der Waals surface area contributed by atoms with Gasteiger partial charge in [0.15, 0.2) is 5.71 Å². The number of allylic oxidation sites excluding steroid dienone is 2. The average Bonchev–Trinajstić information content (AvgIpc) is 3.33. The van der Waals surface area contributed by atoms with Gasteiger partial charge in [-0.05, 0) is 24.5 Å². The first-order valence-electron chi connectivity index (χ1n) is 8.49. The number of benzene rings is 1. The molecule has 2 fully saturated rings. The van der Waals surface area contributed by atoms with Crippen LogP contribution in [0.25, 0.3) is 4.91 Å². The topological polar surface area (TPSA) is 95.2 Å². The van der Waals surface area contributed by atoms with Crippen molar-refractivity contribution in [3.63, 3.8) is 0 Å². The van der Waals surface area contributed by atoms with Crippen molar-refractivity contribution >= 4 is 32.2 Å². The molecule has 0 unspecified atom stereocenters. The summed E-state index contributed by atoms with van der Waals surface area (Å²) in [5, 5.41) is 0. The molecule has 2 aliphatic heterocycles. The summed E-state index contributed by atoms with van der Waals surface area (Å²) >= 11 is 0. The molecule has 0 radical (unpaired) electrons.